The lowest BCUT2D eigenvalue weighted by Crippen LogP contribution is -2.33. The number of nitrogens with zero attached hydrogens (tertiary/aromatic N) is 2. The summed E-state index contributed by atoms with van der Waals surface area (Å²) in [7, 11) is 0. The minimum Gasteiger partial charge on any atom is -0.396 e. The molecule has 0 aliphatic carbocycles. The van der Waals surface area contributed by atoms with Gasteiger partial charge < -0.3 is 9.84 Å². The molecule has 0 spiro atoms. The number of aliphatic hydroxyl groups is 1. The van der Waals surface area contributed by atoms with E-state index in [-0.39, 0.29) is 24.3 Å². The van der Waals surface area contributed by atoms with Crippen LogP contribution in [-0.4, -0.2) is 28.1 Å². The fraction of sp³-hybridized carbons (Fsp3) is 0.714. The van der Waals surface area contributed by atoms with Gasteiger partial charge in [0.2, 0.25) is 0 Å². The molecule has 5 nitrogen and oxygen atoms in total. The molecular weight excluding hydrogens is 244 g/mol. The third kappa shape index (κ3) is 3.22. The first-order chi connectivity index (χ1) is 9.13. The van der Waals surface area contributed by atoms with Gasteiger partial charge >= 0.3 is 0 Å². The van der Waals surface area contributed by atoms with Crippen LogP contribution in [0.3, 0.4) is 0 Å². The van der Waals surface area contributed by atoms with Crippen LogP contribution in [0.4, 0.5) is 0 Å². The molecule has 1 saturated heterocycles. The average Bonchev–Trinajstić information content (AvgIpc) is 2.45. The minimum atomic E-state index is -0.218. The van der Waals surface area contributed by atoms with Gasteiger partial charge in [-0.05, 0) is 44.1 Å². The first-order valence-corrected chi connectivity index (χ1v) is 6.93. The van der Waals surface area contributed by atoms with Crippen molar-refractivity contribution in [2.45, 2.75) is 45.8 Å². The molecule has 1 unspecified atom stereocenters. The lowest BCUT2D eigenvalue weighted by Gasteiger charge is -2.24. The molecule has 1 fully saturated rings. The highest BCUT2D eigenvalue weighted by atomic mass is 16.5. The number of ether oxygens (including phenoxy) is 1. The molecule has 1 aliphatic heterocycles. The van der Waals surface area contributed by atoms with Crippen molar-refractivity contribution in [1.82, 2.24) is 9.78 Å². The number of hydrogen-bond donors (Lipinski definition) is 1. The standard InChI is InChI=1S/C14H22N2O3/c1-10(9-17)7-12-8-15-16(14(18)11(12)2)13-5-3-4-6-19-13/h8,10,13,17H,3-7,9H2,1-2H3/t10-,13?/m0/s1. The highest BCUT2D eigenvalue weighted by Crippen LogP contribution is 2.20. The van der Waals surface area contributed by atoms with E-state index in [1.165, 1.54) is 4.68 Å². The first-order valence-electron chi connectivity index (χ1n) is 6.93. The van der Waals surface area contributed by atoms with E-state index < -0.39 is 0 Å². The topological polar surface area (TPSA) is 64.3 Å². The van der Waals surface area contributed by atoms with Crippen molar-refractivity contribution in [3.8, 4) is 0 Å². The molecule has 1 N–H and O–H groups in total. The normalized spacial score (nSPS) is 21.3. The second-order valence-corrected chi connectivity index (χ2v) is 5.36. The van der Waals surface area contributed by atoms with Crippen molar-refractivity contribution < 1.29 is 9.84 Å². The molecule has 0 bridgehead atoms. The van der Waals surface area contributed by atoms with Gasteiger partial charge in [0.05, 0.1) is 6.20 Å². The Balaban J connectivity index is 2.24. The average molecular weight is 266 g/mol. The molecule has 1 aromatic rings. The summed E-state index contributed by atoms with van der Waals surface area (Å²) in [4.78, 5) is 12.3. The molecular formula is C14H22N2O3. The number of aliphatic hydroxyl groups excluding tert-OH is 1. The van der Waals surface area contributed by atoms with Gasteiger partial charge in [-0.3, -0.25) is 4.79 Å². The van der Waals surface area contributed by atoms with Crippen molar-refractivity contribution in [2.24, 2.45) is 5.92 Å². The lowest BCUT2D eigenvalue weighted by atomic mass is 10.0. The summed E-state index contributed by atoms with van der Waals surface area (Å²) in [6, 6.07) is 0. The van der Waals surface area contributed by atoms with Crippen LogP contribution in [0, 0.1) is 12.8 Å². The van der Waals surface area contributed by atoms with E-state index in [2.05, 4.69) is 5.10 Å². The van der Waals surface area contributed by atoms with Gasteiger partial charge in [-0.2, -0.15) is 5.10 Å². The van der Waals surface area contributed by atoms with Gasteiger partial charge in [-0.15, -0.1) is 0 Å². The summed E-state index contributed by atoms with van der Waals surface area (Å²) < 4.78 is 7.06. The Hall–Kier alpha value is -1.20. The Bertz CT molecular complexity index is 478. The van der Waals surface area contributed by atoms with Crippen LogP contribution in [-0.2, 0) is 11.2 Å². The van der Waals surface area contributed by atoms with Gasteiger partial charge in [-0.1, -0.05) is 6.92 Å². The molecule has 1 aromatic heterocycles. The lowest BCUT2D eigenvalue weighted by molar-refractivity contribution is -0.0426. The van der Waals surface area contributed by atoms with E-state index in [9.17, 15) is 4.79 Å². The highest BCUT2D eigenvalue weighted by Gasteiger charge is 2.19. The van der Waals surface area contributed by atoms with Crippen molar-refractivity contribution in [3.05, 3.63) is 27.7 Å². The van der Waals surface area contributed by atoms with Crippen LogP contribution in [0.2, 0.25) is 0 Å². The second-order valence-electron chi connectivity index (χ2n) is 5.36. The Morgan fingerprint density at radius 3 is 3.00 bits per heavy atom. The summed E-state index contributed by atoms with van der Waals surface area (Å²) in [5, 5.41) is 13.3. The zero-order valence-electron chi connectivity index (χ0n) is 11.6. The molecule has 19 heavy (non-hydrogen) atoms. The van der Waals surface area contributed by atoms with Crippen LogP contribution in [0.15, 0.2) is 11.0 Å². The Labute approximate surface area is 113 Å². The Morgan fingerprint density at radius 2 is 2.37 bits per heavy atom. The summed E-state index contributed by atoms with van der Waals surface area (Å²) >= 11 is 0. The van der Waals surface area contributed by atoms with E-state index in [0.29, 0.717) is 18.6 Å². The number of hydrogen-bond acceptors (Lipinski definition) is 4. The van der Waals surface area contributed by atoms with Gasteiger partial charge in [0, 0.05) is 18.8 Å². The summed E-state index contributed by atoms with van der Waals surface area (Å²) in [6.45, 7) is 4.59. The minimum absolute atomic E-state index is 0.0745. The predicted octanol–water partition coefficient (Wildman–Crippen LogP) is 1.42. The molecule has 5 heteroatoms. The molecule has 0 radical (unpaired) electrons. The maximum atomic E-state index is 12.3. The molecule has 106 valence electrons. The fourth-order valence-corrected chi connectivity index (χ4v) is 2.36. The maximum absolute atomic E-state index is 12.3. The predicted molar refractivity (Wildman–Crippen MR) is 72.0 cm³/mol. The highest BCUT2D eigenvalue weighted by molar-refractivity contribution is 5.20. The van der Waals surface area contributed by atoms with Crippen molar-refractivity contribution in [2.75, 3.05) is 13.2 Å². The first kappa shape index (κ1) is 14.2. The SMILES string of the molecule is Cc1c(C[C@H](C)CO)cnn(C2CCCCO2)c1=O. The van der Waals surface area contributed by atoms with Gasteiger partial charge in [-0.25, -0.2) is 4.68 Å². The van der Waals surface area contributed by atoms with E-state index in [1.54, 1.807) is 6.20 Å². The molecule has 0 amide bonds. The van der Waals surface area contributed by atoms with Gasteiger partial charge in [0.1, 0.15) is 0 Å². The molecule has 0 saturated carbocycles. The van der Waals surface area contributed by atoms with Crippen molar-refractivity contribution >= 4 is 0 Å². The smallest absolute Gasteiger partial charge is 0.272 e. The molecule has 2 heterocycles. The summed E-state index contributed by atoms with van der Waals surface area (Å²) in [5.41, 5.74) is 1.55. The summed E-state index contributed by atoms with van der Waals surface area (Å²) in [6.07, 6.45) is 5.16. The monoisotopic (exact) mass is 266 g/mol. The van der Waals surface area contributed by atoms with Crippen LogP contribution in [0.1, 0.15) is 43.5 Å². The second kappa shape index (κ2) is 6.30. The Kier molecular flexibility index (Phi) is 4.71. The van der Waals surface area contributed by atoms with Crippen LogP contribution in [0.5, 0.6) is 0 Å². The van der Waals surface area contributed by atoms with Crippen LogP contribution in [0.25, 0.3) is 0 Å². The van der Waals surface area contributed by atoms with Crippen LogP contribution < -0.4 is 5.56 Å². The molecule has 2 atom stereocenters. The summed E-state index contributed by atoms with van der Waals surface area (Å²) in [5.74, 6) is 0.140. The molecule has 0 aromatic carbocycles. The van der Waals surface area contributed by atoms with E-state index >= 15 is 0 Å². The fourth-order valence-electron chi connectivity index (χ4n) is 2.36. The van der Waals surface area contributed by atoms with Crippen molar-refractivity contribution in [1.29, 1.82) is 0 Å². The zero-order chi connectivity index (χ0) is 13.8. The van der Waals surface area contributed by atoms with Crippen molar-refractivity contribution in [3.63, 3.8) is 0 Å². The van der Waals surface area contributed by atoms with E-state index in [4.69, 9.17) is 9.84 Å². The zero-order valence-corrected chi connectivity index (χ0v) is 11.6. The number of rotatable bonds is 4. The molecule has 1 aliphatic rings. The van der Waals surface area contributed by atoms with E-state index in [1.807, 2.05) is 13.8 Å². The van der Waals surface area contributed by atoms with E-state index in [0.717, 1.165) is 24.8 Å². The molecule has 2 rings (SSSR count). The van der Waals surface area contributed by atoms with Gasteiger partial charge in [0.15, 0.2) is 6.23 Å². The largest absolute Gasteiger partial charge is 0.396 e. The van der Waals surface area contributed by atoms with Crippen LogP contribution >= 0.6 is 0 Å². The quantitative estimate of drug-likeness (QED) is 0.895. The maximum Gasteiger partial charge on any atom is 0.272 e. The number of aromatic nitrogens is 2. The van der Waals surface area contributed by atoms with Gasteiger partial charge in [0.25, 0.3) is 5.56 Å². The Morgan fingerprint density at radius 1 is 1.58 bits per heavy atom. The third-order valence-corrected chi connectivity index (χ3v) is 3.66. The third-order valence-electron chi connectivity index (χ3n) is 3.66.